The van der Waals surface area contributed by atoms with Crippen molar-refractivity contribution in [3.05, 3.63) is 63.6 Å². The molecule has 122 valence electrons. The van der Waals surface area contributed by atoms with Crippen molar-refractivity contribution in [1.29, 1.82) is 0 Å². The summed E-state index contributed by atoms with van der Waals surface area (Å²) in [6, 6.07) is 14.5. The van der Waals surface area contributed by atoms with Crippen molar-refractivity contribution in [1.82, 2.24) is 5.32 Å². The van der Waals surface area contributed by atoms with Gasteiger partial charge < -0.3 is 10.1 Å². The van der Waals surface area contributed by atoms with Crippen LogP contribution in [-0.4, -0.2) is 6.04 Å². The molecule has 2 aromatic carbocycles. The fourth-order valence-electron chi connectivity index (χ4n) is 2.93. The summed E-state index contributed by atoms with van der Waals surface area (Å²) >= 11 is 12.0. The first-order valence-corrected chi connectivity index (χ1v) is 8.85. The van der Waals surface area contributed by atoms with Crippen LogP contribution in [0.2, 0.25) is 10.0 Å². The van der Waals surface area contributed by atoms with Crippen molar-refractivity contribution in [2.75, 3.05) is 0 Å². The van der Waals surface area contributed by atoms with E-state index < -0.39 is 0 Å². The van der Waals surface area contributed by atoms with Crippen LogP contribution in [0.25, 0.3) is 0 Å². The third kappa shape index (κ3) is 4.87. The first-order chi connectivity index (χ1) is 11.2. The van der Waals surface area contributed by atoms with Crippen LogP contribution < -0.4 is 10.1 Å². The largest absolute Gasteiger partial charge is 0.489 e. The first-order valence-electron chi connectivity index (χ1n) is 8.10. The lowest BCUT2D eigenvalue weighted by molar-refractivity contribution is 0.306. The third-order valence-corrected chi connectivity index (χ3v) is 4.98. The van der Waals surface area contributed by atoms with Gasteiger partial charge in [-0.05, 0) is 48.2 Å². The predicted octanol–water partition coefficient (Wildman–Crippen LogP) is 5.60. The highest BCUT2D eigenvalue weighted by molar-refractivity contribution is 6.42. The van der Waals surface area contributed by atoms with E-state index in [9.17, 15) is 0 Å². The van der Waals surface area contributed by atoms with E-state index >= 15 is 0 Å². The zero-order valence-electron chi connectivity index (χ0n) is 13.0. The van der Waals surface area contributed by atoms with Gasteiger partial charge in [0.05, 0.1) is 10.0 Å². The molecule has 2 aromatic rings. The number of benzene rings is 2. The standard InChI is InChI=1S/C19H21Cl2NO/c20-18-9-8-15(11-19(18)21)13-23-17-7-3-4-14(10-17)12-22-16-5-1-2-6-16/h3-4,7-11,16,22H,1-2,5-6,12-13H2. The monoisotopic (exact) mass is 349 g/mol. The molecule has 0 atom stereocenters. The van der Waals surface area contributed by atoms with Gasteiger partial charge in [-0.3, -0.25) is 0 Å². The van der Waals surface area contributed by atoms with Crippen LogP contribution in [0.4, 0.5) is 0 Å². The molecule has 1 aliphatic carbocycles. The molecule has 0 radical (unpaired) electrons. The highest BCUT2D eigenvalue weighted by atomic mass is 35.5. The Morgan fingerprint density at radius 1 is 0.957 bits per heavy atom. The number of rotatable bonds is 6. The van der Waals surface area contributed by atoms with Crippen molar-refractivity contribution in [2.45, 2.75) is 44.9 Å². The molecule has 0 saturated heterocycles. The summed E-state index contributed by atoms with van der Waals surface area (Å²) in [6.45, 7) is 1.38. The summed E-state index contributed by atoms with van der Waals surface area (Å²) in [4.78, 5) is 0. The van der Waals surface area contributed by atoms with Gasteiger partial charge in [0.2, 0.25) is 0 Å². The van der Waals surface area contributed by atoms with Gasteiger partial charge in [0.1, 0.15) is 12.4 Å². The van der Waals surface area contributed by atoms with Crippen molar-refractivity contribution < 1.29 is 4.74 Å². The Morgan fingerprint density at radius 2 is 1.78 bits per heavy atom. The molecule has 2 nitrogen and oxygen atoms in total. The van der Waals surface area contributed by atoms with Gasteiger partial charge in [-0.1, -0.05) is 54.2 Å². The lowest BCUT2D eigenvalue weighted by atomic mass is 10.2. The highest BCUT2D eigenvalue weighted by Crippen LogP contribution is 2.24. The molecule has 1 N–H and O–H groups in total. The smallest absolute Gasteiger partial charge is 0.120 e. The number of hydrogen-bond acceptors (Lipinski definition) is 2. The van der Waals surface area contributed by atoms with Crippen LogP contribution in [0.5, 0.6) is 5.75 Å². The molecular formula is C19H21Cl2NO. The molecule has 3 rings (SSSR count). The van der Waals surface area contributed by atoms with Crippen LogP contribution >= 0.6 is 23.2 Å². The van der Waals surface area contributed by atoms with Crippen LogP contribution in [0.1, 0.15) is 36.8 Å². The Labute approximate surface area is 147 Å². The van der Waals surface area contributed by atoms with Gasteiger partial charge in [-0.15, -0.1) is 0 Å². The van der Waals surface area contributed by atoms with E-state index in [2.05, 4.69) is 17.4 Å². The number of ether oxygens (including phenoxy) is 1. The van der Waals surface area contributed by atoms with E-state index in [1.54, 1.807) is 6.07 Å². The second-order valence-electron chi connectivity index (χ2n) is 6.05. The summed E-state index contributed by atoms with van der Waals surface area (Å²) in [5.74, 6) is 0.877. The maximum absolute atomic E-state index is 6.03. The van der Waals surface area contributed by atoms with Crippen molar-refractivity contribution in [3.63, 3.8) is 0 Å². The maximum atomic E-state index is 6.03. The number of hydrogen-bond donors (Lipinski definition) is 1. The SMILES string of the molecule is Clc1ccc(COc2cccc(CNC3CCCC3)c2)cc1Cl. The van der Waals surface area contributed by atoms with Gasteiger partial charge in [0.15, 0.2) is 0 Å². The number of nitrogens with one attached hydrogen (secondary N) is 1. The van der Waals surface area contributed by atoms with E-state index in [0.29, 0.717) is 22.7 Å². The molecule has 23 heavy (non-hydrogen) atoms. The van der Waals surface area contributed by atoms with Gasteiger partial charge in [-0.2, -0.15) is 0 Å². The van der Waals surface area contributed by atoms with E-state index in [0.717, 1.165) is 17.9 Å². The Kier molecular flexibility index (Phi) is 5.82. The molecule has 0 bridgehead atoms. The minimum atomic E-state index is 0.483. The molecule has 0 aromatic heterocycles. The maximum Gasteiger partial charge on any atom is 0.120 e. The average Bonchev–Trinajstić information content (AvgIpc) is 3.08. The summed E-state index contributed by atoms with van der Waals surface area (Å²) in [5.41, 5.74) is 2.26. The van der Waals surface area contributed by atoms with Crippen molar-refractivity contribution in [2.24, 2.45) is 0 Å². The Balaban J connectivity index is 1.55. The highest BCUT2D eigenvalue weighted by Gasteiger charge is 2.13. The molecule has 1 aliphatic rings. The molecule has 0 heterocycles. The topological polar surface area (TPSA) is 21.3 Å². The molecular weight excluding hydrogens is 329 g/mol. The second kappa shape index (κ2) is 8.05. The zero-order chi connectivity index (χ0) is 16.1. The van der Waals surface area contributed by atoms with Crippen LogP contribution in [-0.2, 0) is 13.2 Å². The lowest BCUT2D eigenvalue weighted by Crippen LogP contribution is -2.25. The summed E-state index contributed by atoms with van der Waals surface area (Å²) in [6.07, 6.45) is 5.30. The number of halogens is 2. The molecule has 0 aliphatic heterocycles. The first kappa shape index (κ1) is 16.6. The lowest BCUT2D eigenvalue weighted by Gasteiger charge is -2.13. The van der Waals surface area contributed by atoms with Gasteiger partial charge in [-0.25, -0.2) is 0 Å². The van der Waals surface area contributed by atoms with Gasteiger partial charge in [0.25, 0.3) is 0 Å². The second-order valence-corrected chi connectivity index (χ2v) is 6.86. The van der Waals surface area contributed by atoms with Crippen LogP contribution in [0, 0.1) is 0 Å². The Morgan fingerprint density at radius 3 is 2.57 bits per heavy atom. The summed E-state index contributed by atoms with van der Waals surface area (Å²) in [5, 5.41) is 4.75. The molecule has 0 amide bonds. The van der Waals surface area contributed by atoms with Crippen LogP contribution in [0.15, 0.2) is 42.5 Å². The molecule has 1 saturated carbocycles. The van der Waals surface area contributed by atoms with Gasteiger partial charge in [0, 0.05) is 12.6 Å². The van der Waals surface area contributed by atoms with Crippen LogP contribution in [0.3, 0.4) is 0 Å². The zero-order valence-corrected chi connectivity index (χ0v) is 14.5. The average molecular weight is 350 g/mol. The molecule has 1 fully saturated rings. The quantitative estimate of drug-likeness (QED) is 0.732. The fourth-order valence-corrected chi connectivity index (χ4v) is 3.25. The van der Waals surface area contributed by atoms with Crippen molar-refractivity contribution in [3.8, 4) is 5.75 Å². The molecule has 0 spiro atoms. The van der Waals surface area contributed by atoms with E-state index in [1.807, 2.05) is 24.3 Å². The van der Waals surface area contributed by atoms with E-state index in [4.69, 9.17) is 27.9 Å². The normalized spacial score (nSPS) is 15.0. The van der Waals surface area contributed by atoms with Crippen molar-refractivity contribution >= 4 is 23.2 Å². The van der Waals surface area contributed by atoms with E-state index in [-0.39, 0.29) is 0 Å². The minimum absolute atomic E-state index is 0.483. The molecule has 0 unspecified atom stereocenters. The van der Waals surface area contributed by atoms with E-state index in [1.165, 1.54) is 31.2 Å². The molecule has 4 heteroatoms. The summed E-state index contributed by atoms with van der Waals surface area (Å²) in [7, 11) is 0. The fraction of sp³-hybridized carbons (Fsp3) is 0.368. The Bertz CT molecular complexity index is 654. The Hall–Kier alpha value is -1.22. The summed E-state index contributed by atoms with van der Waals surface area (Å²) < 4.78 is 5.87. The minimum Gasteiger partial charge on any atom is -0.489 e. The van der Waals surface area contributed by atoms with Gasteiger partial charge >= 0.3 is 0 Å². The third-order valence-electron chi connectivity index (χ3n) is 4.24. The predicted molar refractivity (Wildman–Crippen MR) is 96.3 cm³/mol.